The minimum Gasteiger partial charge on any atom is -0.493 e. The molecule has 0 radical (unpaired) electrons. The van der Waals surface area contributed by atoms with Gasteiger partial charge in [-0.1, -0.05) is 0 Å². The van der Waals surface area contributed by atoms with Crippen LogP contribution >= 0.6 is 0 Å². The number of alkyl halides is 2. The normalized spacial score (nSPS) is 18.6. The van der Waals surface area contributed by atoms with Crippen LogP contribution in [0.3, 0.4) is 0 Å². The van der Waals surface area contributed by atoms with Crippen molar-refractivity contribution in [1.82, 2.24) is 34.0 Å². The van der Waals surface area contributed by atoms with Gasteiger partial charge in [-0.15, -0.1) is 5.10 Å². The quantitative estimate of drug-likeness (QED) is 0.356. The second-order valence-electron chi connectivity index (χ2n) is 10.1. The first kappa shape index (κ1) is 23.8. The van der Waals surface area contributed by atoms with Crippen LogP contribution < -0.4 is 11.1 Å². The molecule has 196 valence electrons. The molecule has 0 bridgehead atoms. The van der Waals surface area contributed by atoms with Gasteiger partial charge in [0.25, 0.3) is 6.43 Å². The number of fused-ring (bicyclic) bond motifs is 2. The van der Waals surface area contributed by atoms with E-state index in [1.165, 1.54) is 15.1 Å². The molecule has 0 unspecified atom stereocenters. The van der Waals surface area contributed by atoms with E-state index in [-0.39, 0.29) is 23.3 Å². The SMILES string of the molecule is Cc1nc2ccc(-c3cc(O)n4nc(NC5CCN(C6(C)COC6)CC5)nc(N)c34)nc2n1CC(F)F. The van der Waals surface area contributed by atoms with E-state index in [4.69, 9.17) is 10.5 Å². The summed E-state index contributed by atoms with van der Waals surface area (Å²) in [5.41, 5.74) is 8.64. The van der Waals surface area contributed by atoms with Gasteiger partial charge in [-0.2, -0.15) is 9.50 Å². The van der Waals surface area contributed by atoms with Crippen molar-refractivity contribution in [2.75, 3.05) is 37.4 Å². The van der Waals surface area contributed by atoms with Gasteiger partial charge in [0.15, 0.2) is 11.5 Å². The second-order valence-corrected chi connectivity index (χ2v) is 10.1. The lowest BCUT2D eigenvalue weighted by Gasteiger charge is -2.49. The summed E-state index contributed by atoms with van der Waals surface area (Å²) in [4.78, 5) is 15.8. The molecule has 6 rings (SSSR count). The third-order valence-corrected chi connectivity index (χ3v) is 7.42. The van der Waals surface area contributed by atoms with Gasteiger partial charge < -0.3 is 25.5 Å². The van der Waals surface area contributed by atoms with Gasteiger partial charge in [-0.05, 0) is 38.8 Å². The molecular formula is C24H29F2N9O2. The third kappa shape index (κ3) is 4.11. The van der Waals surface area contributed by atoms with Crippen LogP contribution in [-0.4, -0.2) is 83.4 Å². The van der Waals surface area contributed by atoms with Gasteiger partial charge in [0.05, 0.1) is 31.0 Å². The van der Waals surface area contributed by atoms with Crippen molar-refractivity contribution in [3.8, 4) is 17.1 Å². The number of nitrogen functional groups attached to an aromatic ring is 1. The van der Waals surface area contributed by atoms with E-state index in [1.807, 2.05) is 0 Å². The van der Waals surface area contributed by atoms with Gasteiger partial charge in [-0.25, -0.2) is 18.7 Å². The molecule has 0 aliphatic carbocycles. The molecular weight excluding hydrogens is 484 g/mol. The number of nitrogens with one attached hydrogen (secondary N) is 1. The Morgan fingerprint density at radius 3 is 2.65 bits per heavy atom. The molecule has 0 aromatic carbocycles. The first-order valence-electron chi connectivity index (χ1n) is 12.3. The van der Waals surface area contributed by atoms with Crippen molar-refractivity contribution >= 4 is 28.4 Å². The molecule has 0 spiro atoms. The fourth-order valence-electron chi connectivity index (χ4n) is 5.32. The maximum Gasteiger partial charge on any atom is 0.256 e. The third-order valence-electron chi connectivity index (χ3n) is 7.42. The maximum absolute atomic E-state index is 13.1. The number of rotatable bonds is 6. The Balaban J connectivity index is 1.28. The molecule has 37 heavy (non-hydrogen) atoms. The lowest BCUT2D eigenvalue weighted by atomic mass is 9.93. The van der Waals surface area contributed by atoms with Crippen LogP contribution in [0, 0.1) is 6.92 Å². The summed E-state index contributed by atoms with van der Waals surface area (Å²) in [6.07, 6.45) is -0.691. The zero-order valence-electron chi connectivity index (χ0n) is 20.7. The summed E-state index contributed by atoms with van der Waals surface area (Å²) in [5, 5.41) is 18.5. The summed E-state index contributed by atoms with van der Waals surface area (Å²) >= 11 is 0. The van der Waals surface area contributed by atoms with Crippen LogP contribution in [-0.2, 0) is 11.3 Å². The number of nitrogens with two attached hydrogens (primary N) is 1. The summed E-state index contributed by atoms with van der Waals surface area (Å²) in [5.74, 6) is 0.815. The van der Waals surface area contributed by atoms with Crippen molar-refractivity contribution in [2.24, 2.45) is 0 Å². The van der Waals surface area contributed by atoms with Gasteiger partial charge in [0.1, 0.15) is 16.9 Å². The van der Waals surface area contributed by atoms with E-state index in [2.05, 4.69) is 37.2 Å². The highest BCUT2D eigenvalue weighted by molar-refractivity contribution is 5.89. The lowest BCUT2D eigenvalue weighted by Crippen LogP contribution is -2.62. The number of piperidine rings is 1. The Morgan fingerprint density at radius 1 is 1.22 bits per heavy atom. The van der Waals surface area contributed by atoms with Gasteiger partial charge in [-0.3, -0.25) is 4.90 Å². The second kappa shape index (κ2) is 8.77. The molecule has 6 heterocycles. The fraction of sp³-hybridized carbons (Fsp3) is 0.500. The van der Waals surface area contributed by atoms with E-state index in [9.17, 15) is 13.9 Å². The number of aromatic hydroxyl groups is 1. The molecule has 11 nitrogen and oxygen atoms in total. The number of halogens is 2. The minimum absolute atomic E-state index is 0.130. The van der Waals surface area contributed by atoms with Crippen LogP contribution in [0.5, 0.6) is 5.88 Å². The standard InChI is InChI=1S/C24H29F2N9O2/c1-13-28-17-4-3-16(30-22(17)34(13)10-18(25)26)15-9-19(36)35-20(15)21(27)31-23(32-35)29-14-5-7-33(8-6-14)24(2)11-37-12-24/h3-4,9,14,18,36H,5-8,10-12H2,1-2H3,(H3,27,29,31,32). The number of hydrogen-bond donors (Lipinski definition) is 3. The zero-order valence-corrected chi connectivity index (χ0v) is 20.7. The van der Waals surface area contributed by atoms with E-state index in [1.54, 1.807) is 19.1 Å². The van der Waals surface area contributed by atoms with E-state index in [0.717, 1.165) is 39.1 Å². The van der Waals surface area contributed by atoms with Gasteiger partial charge in [0.2, 0.25) is 11.8 Å². The maximum atomic E-state index is 13.1. The number of aromatic nitrogens is 6. The van der Waals surface area contributed by atoms with Crippen LogP contribution in [0.2, 0.25) is 0 Å². The number of imidazole rings is 1. The Bertz CT molecular complexity index is 1470. The Labute approximate surface area is 211 Å². The van der Waals surface area contributed by atoms with Gasteiger partial charge in [0, 0.05) is 30.8 Å². The number of aryl methyl sites for hydroxylation is 1. The highest BCUT2D eigenvalue weighted by Gasteiger charge is 2.40. The molecule has 0 amide bonds. The first-order chi connectivity index (χ1) is 17.7. The Kier molecular flexibility index (Phi) is 5.64. The van der Waals surface area contributed by atoms with Crippen LogP contribution in [0.1, 0.15) is 25.6 Å². The predicted octanol–water partition coefficient (Wildman–Crippen LogP) is 2.67. The summed E-state index contributed by atoms with van der Waals surface area (Å²) < 4.78 is 34.4. The summed E-state index contributed by atoms with van der Waals surface area (Å²) in [6.45, 7) is 6.82. The smallest absolute Gasteiger partial charge is 0.256 e. The van der Waals surface area contributed by atoms with Crippen molar-refractivity contribution in [3.05, 3.63) is 24.0 Å². The average Bonchev–Trinajstić information content (AvgIpc) is 3.34. The molecule has 4 N–H and O–H groups in total. The number of pyridine rings is 1. The summed E-state index contributed by atoms with van der Waals surface area (Å²) in [7, 11) is 0. The minimum atomic E-state index is -2.54. The number of likely N-dealkylation sites (tertiary alicyclic amines) is 1. The van der Waals surface area contributed by atoms with Crippen LogP contribution in [0.25, 0.3) is 27.9 Å². The highest BCUT2D eigenvalue weighted by atomic mass is 19.3. The zero-order chi connectivity index (χ0) is 25.9. The molecule has 2 fully saturated rings. The monoisotopic (exact) mass is 513 g/mol. The number of anilines is 2. The van der Waals surface area contributed by atoms with Crippen molar-refractivity contribution in [2.45, 2.75) is 51.2 Å². The predicted molar refractivity (Wildman–Crippen MR) is 134 cm³/mol. The fourth-order valence-corrected chi connectivity index (χ4v) is 5.32. The molecule has 2 saturated heterocycles. The lowest BCUT2D eigenvalue weighted by molar-refractivity contribution is -0.135. The Hall–Kier alpha value is -3.58. The molecule has 0 atom stereocenters. The number of hydrogen-bond acceptors (Lipinski definition) is 9. The highest BCUT2D eigenvalue weighted by Crippen LogP contribution is 2.34. The van der Waals surface area contributed by atoms with E-state index < -0.39 is 13.0 Å². The first-order valence-corrected chi connectivity index (χ1v) is 12.3. The molecule has 2 aliphatic heterocycles. The molecule has 13 heteroatoms. The number of nitrogens with zero attached hydrogens (tertiary/aromatic N) is 7. The molecule has 4 aromatic heterocycles. The van der Waals surface area contributed by atoms with Crippen LogP contribution in [0.4, 0.5) is 20.5 Å². The van der Waals surface area contributed by atoms with E-state index in [0.29, 0.717) is 39.7 Å². The average molecular weight is 514 g/mol. The van der Waals surface area contributed by atoms with Crippen LogP contribution in [0.15, 0.2) is 18.2 Å². The number of ether oxygens (including phenoxy) is 1. The van der Waals surface area contributed by atoms with E-state index >= 15 is 0 Å². The van der Waals surface area contributed by atoms with Crippen molar-refractivity contribution in [1.29, 1.82) is 0 Å². The van der Waals surface area contributed by atoms with Crippen molar-refractivity contribution in [3.63, 3.8) is 0 Å². The molecule has 0 saturated carbocycles. The molecule has 2 aliphatic rings. The largest absolute Gasteiger partial charge is 0.493 e. The van der Waals surface area contributed by atoms with Gasteiger partial charge >= 0.3 is 0 Å². The van der Waals surface area contributed by atoms with Crippen molar-refractivity contribution < 1.29 is 18.6 Å². The Morgan fingerprint density at radius 2 is 1.97 bits per heavy atom. The topological polar surface area (TPSA) is 132 Å². The summed E-state index contributed by atoms with van der Waals surface area (Å²) in [6, 6.07) is 5.10. The molecule has 4 aromatic rings.